The summed E-state index contributed by atoms with van der Waals surface area (Å²) in [6.45, 7) is 4.26. The topological polar surface area (TPSA) is 321 Å². The van der Waals surface area contributed by atoms with Gasteiger partial charge in [-0.05, 0) is 32.9 Å². The molecular formula is C27H30N10O12S2. The van der Waals surface area contributed by atoms with Crippen LogP contribution in [0.1, 0.15) is 28.9 Å². The van der Waals surface area contributed by atoms with E-state index in [1.54, 1.807) is 9.44 Å². The molecule has 2 atom stereocenters. The number of rotatable bonds is 10. The standard InChI is InChI=1S/C14H17N5O6S.C13H13N5O6S/c1-8-15-11(18-13(16-8)25-3)17-12(22)19-26(23,24)14(2)7-5-4-6-9(14)10(20)21;1-7-14-11(17-13(15-7)24-2)16-12(21)18-25(22,23)9-6-4-3-5-8(9)10(19)20/h4-7,9H,1-3H3,(H,20,21)(H2,15,16,17,18,19,22);3-6H,1-2H3,(H,19,20)(H2,14,15,16,17,18,21). The van der Waals surface area contributed by atoms with Gasteiger partial charge in [0.1, 0.15) is 21.3 Å². The summed E-state index contributed by atoms with van der Waals surface area (Å²) < 4.78 is 61.0. The van der Waals surface area contributed by atoms with E-state index in [-0.39, 0.29) is 35.6 Å². The number of sulfonamides is 2. The predicted octanol–water partition coefficient (Wildman–Crippen LogP) is 0.623. The van der Waals surface area contributed by atoms with E-state index in [1.807, 2.05) is 0 Å². The molecule has 2 heterocycles. The molecule has 24 heteroatoms. The molecule has 22 nitrogen and oxygen atoms in total. The van der Waals surface area contributed by atoms with Crippen molar-refractivity contribution in [2.45, 2.75) is 30.4 Å². The number of aromatic carboxylic acids is 1. The minimum atomic E-state index is -4.43. The van der Waals surface area contributed by atoms with Crippen molar-refractivity contribution in [3.8, 4) is 12.0 Å². The number of hydrogen-bond acceptors (Lipinski definition) is 16. The SMILES string of the molecule is COc1nc(C)nc(NC(=O)NS(=O)(=O)C2(C)C=CC=CC2C(=O)O)n1.COc1nc(C)nc(NC(=O)NS(=O)(=O)c2ccccc2C(=O)O)n1. The molecule has 0 saturated heterocycles. The Morgan fingerprint density at radius 1 is 0.765 bits per heavy atom. The van der Waals surface area contributed by atoms with Crippen molar-refractivity contribution in [1.82, 2.24) is 39.3 Å². The van der Waals surface area contributed by atoms with E-state index in [2.05, 4.69) is 40.5 Å². The second-order valence-electron chi connectivity index (χ2n) is 10.1. The Balaban J connectivity index is 0.000000276. The molecule has 272 valence electrons. The van der Waals surface area contributed by atoms with Crippen LogP contribution in [0.2, 0.25) is 0 Å². The van der Waals surface area contributed by atoms with Crippen molar-refractivity contribution in [1.29, 1.82) is 0 Å². The van der Waals surface area contributed by atoms with Crippen LogP contribution in [0.3, 0.4) is 0 Å². The van der Waals surface area contributed by atoms with Gasteiger partial charge < -0.3 is 19.7 Å². The number of allylic oxidation sites excluding steroid dienone is 2. The van der Waals surface area contributed by atoms with Crippen LogP contribution in [0.4, 0.5) is 21.5 Å². The van der Waals surface area contributed by atoms with Crippen LogP contribution in [0.15, 0.2) is 53.5 Å². The molecule has 0 saturated carbocycles. The minimum Gasteiger partial charge on any atom is -0.481 e. The number of carboxylic acid groups (broad SMARTS) is 2. The monoisotopic (exact) mass is 750 g/mol. The lowest BCUT2D eigenvalue weighted by Gasteiger charge is -2.31. The van der Waals surface area contributed by atoms with Crippen molar-refractivity contribution >= 4 is 55.9 Å². The number of carbonyl (C=O) groups excluding carboxylic acids is 2. The van der Waals surface area contributed by atoms with Gasteiger partial charge in [-0.3, -0.25) is 15.4 Å². The van der Waals surface area contributed by atoms with Crippen molar-refractivity contribution in [3.63, 3.8) is 0 Å². The Kier molecular flexibility index (Phi) is 12.2. The van der Waals surface area contributed by atoms with Gasteiger partial charge in [0, 0.05) is 0 Å². The maximum absolute atomic E-state index is 12.6. The Hall–Kier alpha value is -6.30. The van der Waals surface area contributed by atoms with Crippen molar-refractivity contribution in [2.75, 3.05) is 24.9 Å². The fourth-order valence-corrected chi connectivity index (χ4v) is 6.44. The zero-order valence-electron chi connectivity index (χ0n) is 27.2. The highest BCUT2D eigenvalue weighted by Crippen LogP contribution is 2.32. The molecule has 4 rings (SSSR count). The normalized spacial score (nSPS) is 16.5. The van der Waals surface area contributed by atoms with Crippen molar-refractivity contribution in [2.24, 2.45) is 5.92 Å². The van der Waals surface area contributed by atoms with Crippen molar-refractivity contribution < 1.29 is 55.7 Å². The minimum absolute atomic E-state index is 0.0612. The summed E-state index contributed by atoms with van der Waals surface area (Å²) in [4.78, 5) is 68.7. The summed E-state index contributed by atoms with van der Waals surface area (Å²) in [7, 11) is -6.20. The van der Waals surface area contributed by atoms with Gasteiger partial charge in [0.05, 0.1) is 25.7 Å². The van der Waals surface area contributed by atoms with Gasteiger partial charge in [-0.25, -0.2) is 40.7 Å². The first kappa shape index (κ1) is 39.1. The van der Waals surface area contributed by atoms with E-state index in [1.165, 1.54) is 71.4 Å². The molecule has 0 spiro atoms. The predicted molar refractivity (Wildman–Crippen MR) is 174 cm³/mol. The van der Waals surface area contributed by atoms with Crippen LogP contribution in [-0.4, -0.2) is 99.9 Å². The quantitative estimate of drug-likeness (QED) is 0.165. The third-order valence-corrected chi connectivity index (χ3v) is 9.83. The number of amides is 4. The maximum atomic E-state index is 12.6. The smallest absolute Gasteiger partial charge is 0.337 e. The average molecular weight is 751 g/mol. The third-order valence-electron chi connectivity index (χ3n) is 6.43. The first-order chi connectivity index (χ1) is 23.8. The highest BCUT2D eigenvalue weighted by Gasteiger charge is 2.48. The summed E-state index contributed by atoms with van der Waals surface area (Å²) >= 11 is 0. The van der Waals surface area contributed by atoms with E-state index in [4.69, 9.17) is 14.6 Å². The lowest BCUT2D eigenvalue weighted by atomic mass is 9.89. The number of ether oxygens (including phenoxy) is 2. The molecule has 0 radical (unpaired) electrons. The van der Waals surface area contributed by atoms with Crippen LogP contribution >= 0.6 is 0 Å². The molecule has 2 unspecified atom stereocenters. The summed E-state index contributed by atoms with van der Waals surface area (Å²) in [5.74, 6) is -4.12. The number of urea groups is 2. The fourth-order valence-electron chi connectivity index (χ4n) is 4.05. The lowest BCUT2D eigenvalue weighted by Crippen LogP contribution is -2.52. The van der Waals surface area contributed by atoms with Gasteiger partial charge in [0.2, 0.25) is 21.9 Å². The molecule has 1 aliphatic carbocycles. The number of benzene rings is 1. The number of nitrogens with zero attached hydrogens (tertiary/aromatic N) is 6. The highest BCUT2D eigenvalue weighted by atomic mass is 32.2. The van der Waals surface area contributed by atoms with E-state index in [0.29, 0.717) is 0 Å². The second kappa shape index (κ2) is 15.9. The number of methoxy groups -OCH3 is 2. The first-order valence-corrected chi connectivity index (χ1v) is 16.9. The molecule has 4 amide bonds. The van der Waals surface area contributed by atoms with Gasteiger partial charge in [-0.15, -0.1) is 0 Å². The Labute approximate surface area is 289 Å². The molecule has 1 aliphatic rings. The van der Waals surface area contributed by atoms with Gasteiger partial charge in [0.25, 0.3) is 10.0 Å². The maximum Gasteiger partial charge on any atom is 0.337 e. The van der Waals surface area contributed by atoms with Crippen LogP contribution in [0, 0.1) is 19.8 Å². The molecule has 0 aliphatic heterocycles. The third kappa shape index (κ3) is 9.88. The second-order valence-corrected chi connectivity index (χ2v) is 13.8. The number of aromatic nitrogens is 6. The summed E-state index contributed by atoms with van der Waals surface area (Å²) in [5, 5.41) is 22.6. The molecule has 2 aromatic heterocycles. The Morgan fingerprint density at radius 2 is 1.27 bits per heavy atom. The van der Waals surface area contributed by atoms with Crippen molar-refractivity contribution in [3.05, 3.63) is 65.8 Å². The molecule has 51 heavy (non-hydrogen) atoms. The largest absolute Gasteiger partial charge is 0.481 e. The number of anilines is 2. The van der Waals surface area contributed by atoms with E-state index >= 15 is 0 Å². The van der Waals surface area contributed by atoms with E-state index in [0.717, 1.165) is 12.1 Å². The van der Waals surface area contributed by atoms with Crippen LogP contribution < -0.4 is 29.6 Å². The first-order valence-electron chi connectivity index (χ1n) is 13.9. The molecule has 0 fully saturated rings. The van der Waals surface area contributed by atoms with Gasteiger partial charge in [-0.2, -0.15) is 29.9 Å². The Bertz CT molecular complexity index is 2130. The number of carbonyl (C=O) groups is 4. The lowest BCUT2D eigenvalue weighted by molar-refractivity contribution is -0.140. The zero-order valence-corrected chi connectivity index (χ0v) is 28.8. The summed E-state index contributed by atoms with van der Waals surface area (Å²) in [5.41, 5.74) is -0.472. The van der Waals surface area contributed by atoms with Crippen LogP contribution in [-0.2, 0) is 24.8 Å². The highest BCUT2D eigenvalue weighted by molar-refractivity contribution is 7.91. The number of aryl methyl sites for hydroxylation is 2. The van der Waals surface area contributed by atoms with E-state index < -0.39 is 65.2 Å². The zero-order chi connectivity index (χ0) is 38.1. The number of carboxylic acids is 2. The fraction of sp³-hybridized carbons (Fsp3) is 0.259. The van der Waals surface area contributed by atoms with Crippen LogP contribution in [0.5, 0.6) is 12.0 Å². The summed E-state index contributed by atoms with van der Waals surface area (Å²) in [6, 6.07) is 2.42. The number of aliphatic carboxylic acids is 1. The van der Waals surface area contributed by atoms with E-state index in [9.17, 15) is 41.1 Å². The molecule has 3 aromatic rings. The summed E-state index contributed by atoms with van der Waals surface area (Å²) in [6.07, 6.45) is 5.27. The molecule has 1 aromatic carbocycles. The molecule has 0 bridgehead atoms. The number of hydrogen-bond donors (Lipinski definition) is 6. The van der Waals surface area contributed by atoms with Gasteiger partial charge in [-0.1, -0.05) is 36.4 Å². The Morgan fingerprint density at radius 3 is 1.76 bits per heavy atom. The van der Waals surface area contributed by atoms with Crippen LogP contribution in [0.25, 0.3) is 0 Å². The average Bonchev–Trinajstić information content (AvgIpc) is 3.03. The number of nitrogens with one attached hydrogen (secondary N) is 4. The molecule has 6 N–H and O–H groups in total. The van der Waals surface area contributed by atoms with Gasteiger partial charge >= 0.3 is 36.0 Å². The molecular weight excluding hydrogens is 720 g/mol. The van der Waals surface area contributed by atoms with Gasteiger partial charge in [0.15, 0.2) is 0 Å².